The highest BCUT2D eigenvalue weighted by Gasteiger charge is 2.30. The van der Waals surface area contributed by atoms with Gasteiger partial charge in [0.05, 0.1) is 19.8 Å². The fourth-order valence-electron chi connectivity index (χ4n) is 3.46. The number of Topliss-reactive ketones (excluding diaryl/α,β-unsaturated/α-hetero) is 1. The second-order valence-corrected chi connectivity index (χ2v) is 7.81. The van der Waals surface area contributed by atoms with Crippen molar-refractivity contribution in [3.05, 3.63) is 52.3 Å². The fraction of sp³-hybridized carbons (Fsp3) is 0.348. The van der Waals surface area contributed by atoms with Crippen molar-refractivity contribution in [3.63, 3.8) is 0 Å². The number of methoxy groups -OCH3 is 2. The molecule has 0 unspecified atom stereocenters. The van der Waals surface area contributed by atoms with Crippen molar-refractivity contribution < 1.29 is 24.1 Å². The lowest BCUT2D eigenvalue weighted by atomic mass is 10.0. The highest BCUT2D eigenvalue weighted by atomic mass is 16.5. The van der Waals surface area contributed by atoms with Gasteiger partial charge >= 0.3 is 0 Å². The van der Waals surface area contributed by atoms with Gasteiger partial charge in [-0.05, 0) is 58.0 Å². The van der Waals surface area contributed by atoms with Gasteiger partial charge in [-0.15, -0.1) is 0 Å². The van der Waals surface area contributed by atoms with Crippen LogP contribution >= 0.6 is 0 Å². The first-order valence-electron chi connectivity index (χ1n) is 9.58. The van der Waals surface area contributed by atoms with Crippen LogP contribution in [0, 0.1) is 0 Å². The Labute approximate surface area is 177 Å². The number of ketones is 1. The topological polar surface area (TPSA) is 71.5 Å². The average Bonchev–Trinajstić information content (AvgIpc) is 2.98. The molecule has 0 aromatic heterocycles. The molecule has 7 nitrogen and oxygen atoms in total. The van der Waals surface area contributed by atoms with Gasteiger partial charge < -0.3 is 29.1 Å². The molecular formula is C23H28N2O5. The molecule has 0 atom stereocenters. The van der Waals surface area contributed by atoms with Gasteiger partial charge in [0.1, 0.15) is 11.5 Å². The van der Waals surface area contributed by atoms with Crippen molar-refractivity contribution in [3.8, 4) is 23.0 Å². The molecule has 2 aromatic rings. The van der Waals surface area contributed by atoms with Crippen LogP contribution in [0.1, 0.15) is 27.0 Å². The quantitative estimate of drug-likeness (QED) is 0.701. The van der Waals surface area contributed by atoms with Crippen LogP contribution in [-0.2, 0) is 13.1 Å². The van der Waals surface area contributed by atoms with Crippen molar-refractivity contribution in [2.45, 2.75) is 13.1 Å². The van der Waals surface area contributed by atoms with E-state index in [4.69, 9.17) is 14.2 Å². The molecule has 3 rings (SSSR count). The lowest BCUT2D eigenvalue weighted by Crippen LogP contribution is -2.14. The summed E-state index contributed by atoms with van der Waals surface area (Å²) in [6.45, 7) is 1.15. The minimum atomic E-state index is -0.220. The first-order valence-corrected chi connectivity index (χ1v) is 9.58. The molecule has 7 heteroatoms. The molecular weight excluding hydrogens is 384 g/mol. The number of hydrogen-bond acceptors (Lipinski definition) is 7. The molecule has 0 saturated carbocycles. The molecule has 0 spiro atoms. The van der Waals surface area contributed by atoms with Gasteiger partial charge in [-0.2, -0.15) is 0 Å². The summed E-state index contributed by atoms with van der Waals surface area (Å²) in [5, 5.41) is 10.7. The Morgan fingerprint density at radius 1 is 0.933 bits per heavy atom. The molecule has 0 radical (unpaired) electrons. The number of carbonyl (C=O) groups excluding carboxylic acids is 1. The average molecular weight is 412 g/mol. The number of phenolic OH excluding ortho intramolecular Hbond substituents is 1. The number of hydrogen-bond donors (Lipinski definition) is 1. The van der Waals surface area contributed by atoms with E-state index in [1.54, 1.807) is 18.2 Å². The monoisotopic (exact) mass is 412 g/mol. The predicted molar refractivity (Wildman–Crippen MR) is 115 cm³/mol. The minimum absolute atomic E-state index is 0.220. The summed E-state index contributed by atoms with van der Waals surface area (Å²) in [6, 6.07) is 7.03. The maximum atomic E-state index is 12.9. The third-order valence-electron chi connectivity index (χ3n) is 4.74. The van der Waals surface area contributed by atoms with E-state index >= 15 is 0 Å². The number of ether oxygens (including phenoxy) is 3. The molecule has 0 saturated heterocycles. The van der Waals surface area contributed by atoms with Crippen LogP contribution in [0.4, 0.5) is 0 Å². The lowest BCUT2D eigenvalue weighted by molar-refractivity contribution is 0.101. The van der Waals surface area contributed by atoms with E-state index in [1.807, 2.05) is 50.1 Å². The van der Waals surface area contributed by atoms with Gasteiger partial charge in [0.2, 0.25) is 5.78 Å². The van der Waals surface area contributed by atoms with Gasteiger partial charge in [-0.1, -0.05) is 0 Å². The third-order valence-corrected chi connectivity index (χ3v) is 4.74. The summed E-state index contributed by atoms with van der Waals surface area (Å²) in [7, 11) is 10.8. The Hall–Kier alpha value is -3.03. The van der Waals surface area contributed by atoms with Gasteiger partial charge in [0.15, 0.2) is 17.3 Å². The molecule has 0 amide bonds. The minimum Gasteiger partial charge on any atom is -0.507 e. The molecule has 1 N–H and O–H groups in total. The lowest BCUT2D eigenvalue weighted by Gasteiger charge is -2.17. The largest absolute Gasteiger partial charge is 0.507 e. The second-order valence-electron chi connectivity index (χ2n) is 7.81. The van der Waals surface area contributed by atoms with Crippen LogP contribution in [0.15, 0.2) is 30.0 Å². The molecule has 0 aliphatic carbocycles. The summed E-state index contributed by atoms with van der Waals surface area (Å²) in [4.78, 5) is 16.9. The Morgan fingerprint density at radius 2 is 1.47 bits per heavy atom. The smallest absolute Gasteiger partial charge is 0.232 e. The van der Waals surface area contributed by atoms with Crippen molar-refractivity contribution in [1.29, 1.82) is 0 Å². The predicted octanol–water partition coefficient (Wildman–Crippen LogP) is 3.15. The number of phenols is 1. The standard InChI is InChI=1S/C23H28N2O5/c1-24(2)12-15-7-14(8-16(22(15)26)13-25(3)4)9-21-23(27)17-10-19(28-5)20(29-6)11-18(17)30-21/h7-11,26H,12-13H2,1-6H3/b21-9-. The summed E-state index contributed by atoms with van der Waals surface area (Å²) < 4.78 is 16.4. The van der Waals surface area contributed by atoms with E-state index in [1.165, 1.54) is 14.2 Å². The van der Waals surface area contributed by atoms with Crippen LogP contribution in [0.25, 0.3) is 6.08 Å². The van der Waals surface area contributed by atoms with E-state index in [0.29, 0.717) is 35.9 Å². The van der Waals surface area contributed by atoms with E-state index in [0.717, 1.165) is 16.7 Å². The molecule has 2 aromatic carbocycles. The van der Waals surface area contributed by atoms with Crippen LogP contribution in [0.2, 0.25) is 0 Å². The maximum absolute atomic E-state index is 12.9. The zero-order chi connectivity index (χ0) is 22.0. The SMILES string of the molecule is COc1cc2c(cc1OC)C(=O)/C(=C/c1cc(CN(C)C)c(O)c(CN(C)C)c1)O2. The number of fused-ring (bicyclic) bond motifs is 1. The Balaban J connectivity index is 2.02. The summed E-state index contributed by atoms with van der Waals surface area (Å²) in [6.07, 6.45) is 1.71. The number of benzene rings is 2. The molecule has 1 aliphatic heterocycles. The number of rotatable bonds is 7. The summed E-state index contributed by atoms with van der Waals surface area (Å²) >= 11 is 0. The van der Waals surface area contributed by atoms with Gasteiger partial charge in [0, 0.05) is 30.3 Å². The first kappa shape index (κ1) is 21.7. The number of carbonyl (C=O) groups is 1. The van der Waals surface area contributed by atoms with E-state index < -0.39 is 0 Å². The maximum Gasteiger partial charge on any atom is 0.232 e. The molecule has 1 aliphatic rings. The number of allylic oxidation sites excluding steroid dienone is 1. The Morgan fingerprint density at radius 3 is 1.97 bits per heavy atom. The third kappa shape index (κ3) is 4.42. The van der Waals surface area contributed by atoms with Crippen LogP contribution in [0.3, 0.4) is 0 Å². The van der Waals surface area contributed by atoms with Crippen LogP contribution < -0.4 is 14.2 Å². The highest BCUT2D eigenvalue weighted by molar-refractivity contribution is 6.14. The Kier molecular flexibility index (Phi) is 6.34. The van der Waals surface area contributed by atoms with E-state index in [2.05, 4.69) is 0 Å². The molecule has 1 heterocycles. The zero-order valence-electron chi connectivity index (χ0n) is 18.3. The van der Waals surface area contributed by atoms with Gasteiger partial charge in [-0.3, -0.25) is 4.79 Å². The number of nitrogens with zero attached hydrogens (tertiary/aromatic N) is 2. The highest BCUT2D eigenvalue weighted by Crippen LogP contribution is 2.40. The Bertz CT molecular complexity index is 964. The van der Waals surface area contributed by atoms with Crippen molar-refractivity contribution >= 4 is 11.9 Å². The van der Waals surface area contributed by atoms with Gasteiger partial charge in [0.25, 0.3) is 0 Å². The van der Waals surface area contributed by atoms with Gasteiger partial charge in [-0.25, -0.2) is 0 Å². The van der Waals surface area contributed by atoms with Crippen LogP contribution in [-0.4, -0.2) is 63.1 Å². The molecule has 0 fully saturated rings. The zero-order valence-corrected chi connectivity index (χ0v) is 18.3. The molecule has 30 heavy (non-hydrogen) atoms. The summed E-state index contributed by atoms with van der Waals surface area (Å²) in [5.41, 5.74) is 2.80. The van der Waals surface area contributed by atoms with Crippen LogP contribution in [0.5, 0.6) is 23.0 Å². The molecule has 0 bridgehead atoms. The summed E-state index contributed by atoms with van der Waals surface area (Å²) in [5.74, 6) is 1.68. The van der Waals surface area contributed by atoms with Crippen molar-refractivity contribution in [1.82, 2.24) is 9.80 Å². The second kappa shape index (κ2) is 8.77. The van der Waals surface area contributed by atoms with Crippen molar-refractivity contribution in [2.24, 2.45) is 0 Å². The van der Waals surface area contributed by atoms with E-state index in [9.17, 15) is 9.90 Å². The van der Waals surface area contributed by atoms with Crippen molar-refractivity contribution in [2.75, 3.05) is 42.4 Å². The molecule has 160 valence electrons. The number of aromatic hydroxyl groups is 1. The normalized spacial score (nSPS) is 14.4. The first-order chi connectivity index (χ1) is 14.2. The van der Waals surface area contributed by atoms with E-state index in [-0.39, 0.29) is 17.3 Å². The fourth-order valence-corrected chi connectivity index (χ4v) is 3.46.